The summed E-state index contributed by atoms with van der Waals surface area (Å²) in [6.45, 7) is 0.743. The highest BCUT2D eigenvalue weighted by Gasteiger charge is 2.25. The molecule has 1 aliphatic rings. The summed E-state index contributed by atoms with van der Waals surface area (Å²) in [5.41, 5.74) is 0. The zero-order chi connectivity index (χ0) is 10.7. The molecule has 1 aromatic rings. The summed E-state index contributed by atoms with van der Waals surface area (Å²) in [6, 6.07) is 0. The van der Waals surface area contributed by atoms with Crippen molar-refractivity contribution >= 4 is 33.4 Å². The molecule has 2 unspecified atom stereocenters. The number of aromatic nitrogens is 2. The zero-order valence-corrected chi connectivity index (χ0v) is 10.6. The Morgan fingerprint density at radius 3 is 3.13 bits per heavy atom. The summed E-state index contributed by atoms with van der Waals surface area (Å²) in [7, 11) is 0. The largest absolute Gasteiger partial charge is 0.351 e. The van der Waals surface area contributed by atoms with Crippen molar-refractivity contribution in [2.24, 2.45) is 5.92 Å². The molecule has 1 aromatic heterocycles. The number of halogens is 1. The van der Waals surface area contributed by atoms with Crippen LogP contribution >= 0.6 is 27.5 Å². The lowest BCUT2D eigenvalue weighted by Crippen LogP contribution is -2.30. The summed E-state index contributed by atoms with van der Waals surface area (Å²) < 4.78 is 3.66. The average molecular weight is 290 g/mol. The van der Waals surface area contributed by atoms with Crippen LogP contribution in [0.25, 0.3) is 0 Å². The van der Waals surface area contributed by atoms with Gasteiger partial charge in [0.15, 0.2) is 0 Å². The van der Waals surface area contributed by atoms with Gasteiger partial charge in [-0.2, -0.15) is 0 Å². The third-order valence-corrected chi connectivity index (χ3v) is 4.55. The van der Waals surface area contributed by atoms with Crippen molar-refractivity contribution in [1.29, 1.82) is 0 Å². The molecule has 0 aliphatic heterocycles. The van der Waals surface area contributed by atoms with Crippen molar-refractivity contribution in [3.63, 3.8) is 0 Å². The van der Waals surface area contributed by atoms with Gasteiger partial charge in [-0.3, -0.25) is 4.79 Å². The molecular weight excluding hydrogens is 278 g/mol. The lowest BCUT2D eigenvalue weighted by molar-refractivity contribution is 0.0951. The van der Waals surface area contributed by atoms with Crippen molar-refractivity contribution in [3.05, 3.63) is 11.1 Å². The van der Waals surface area contributed by atoms with Gasteiger partial charge < -0.3 is 5.32 Å². The highest BCUT2D eigenvalue weighted by molar-refractivity contribution is 9.09. The predicted octanol–water partition coefficient (Wildman–Crippen LogP) is 1.83. The Bertz CT molecular complexity index is 330. The van der Waals surface area contributed by atoms with E-state index in [4.69, 9.17) is 0 Å². The standard InChI is InChI=1S/C9H12BrN3OS/c10-7-3-1-2-6(7)4-11-9(14)8-5-12-13-15-8/h5-7H,1-4H2,(H,11,14). The number of amides is 1. The third kappa shape index (κ3) is 2.75. The maximum atomic E-state index is 11.6. The molecule has 82 valence electrons. The van der Waals surface area contributed by atoms with Crippen LogP contribution < -0.4 is 5.32 Å². The molecule has 1 fully saturated rings. The molecule has 0 saturated heterocycles. The Kier molecular flexibility index (Phi) is 3.69. The van der Waals surface area contributed by atoms with E-state index < -0.39 is 0 Å². The maximum absolute atomic E-state index is 11.6. The first kappa shape index (κ1) is 11.0. The van der Waals surface area contributed by atoms with Crippen LogP contribution in [0.15, 0.2) is 6.20 Å². The minimum atomic E-state index is -0.0587. The fraction of sp³-hybridized carbons (Fsp3) is 0.667. The van der Waals surface area contributed by atoms with Crippen molar-refractivity contribution in [2.75, 3.05) is 6.54 Å². The normalized spacial score (nSPS) is 25.4. The van der Waals surface area contributed by atoms with Gasteiger partial charge >= 0.3 is 0 Å². The van der Waals surface area contributed by atoms with Gasteiger partial charge in [-0.05, 0) is 30.3 Å². The number of nitrogens with zero attached hydrogens (tertiary/aromatic N) is 2. The van der Waals surface area contributed by atoms with Gasteiger partial charge in [0, 0.05) is 11.4 Å². The van der Waals surface area contributed by atoms with E-state index in [1.54, 1.807) is 0 Å². The van der Waals surface area contributed by atoms with Crippen molar-refractivity contribution in [2.45, 2.75) is 24.1 Å². The van der Waals surface area contributed by atoms with E-state index in [1.807, 2.05) is 0 Å². The molecule has 2 rings (SSSR count). The number of hydrogen-bond donors (Lipinski definition) is 1. The zero-order valence-electron chi connectivity index (χ0n) is 8.15. The lowest BCUT2D eigenvalue weighted by Gasteiger charge is -2.13. The quantitative estimate of drug-likeness (QED) is 0.864. The number of carbonyl (C=O) groups excluding carboxylic acids is 1. The van der Waals surface area contributed by atoms with E-state index in [0.717, 1.165) is 18.1 Å². The Labute approximate surface area is 101 Å². The van der Waals surface area contributed by atoms with Gasteiger partial charge in [-0.1, -0.05) is 26.8 Å². The van der Waals surface area contributed by atoms with Gasteiger partial charge in [-0.15, -0.1) is 5.10 Å². The second kappa shape index (κ2) is 5.03. The average Bonchev–Trinajstić information content (AvgIpc) is 2.85. The van der Waals surface area contributed by atoms with Gasteiger partial charge in [-0.25, -0.2) is 0 Å². The predicted molar refractivity (Wildman–Crippen MR) is 62.3 cm³/mol. The van der Waals surface area contributed by atoms with Crippen molar-refractivity contribution in [1.82, 2.24) is 14.9 Å². The van der Waals surface area contributed by atoms with E-state index in [9.17, 15) is 4.79 Å². The smallest absolute Gasteiger partial charge is 0.264 e. The highest BCUT2D eigenvalue weighted by Crippen LogP contribution is 2.30. The molecule has 0 radical (unpaired) electrons. The van der Waals surface area contributed by atoms with Crippen LogP contribution in [0.1, 0.15) is 28.9 Å². The first-order chi connectivity index (χ1) is 7.27. The van der Waals surface area contributed by atoms with Crippen LogP contribution in [0.4, 0.5) is 0 Å². The number of nitrogens with one attached hydrogen (secondary N) is 1. The molecule has 4 nitrogen and oxygen atoms in total. The van der Waals surface area contributed by atoms with E-state index >= 15 is 0 Å². The van der Waals surface area contributed by atoms with E-state index in [2.05, 4.69) is 30.8 Å². The van der Waals surface area contributed by atoms with Crippen LogP contribution in [0, 0.1) is 5.92 Å². The molecule has 0 aromatic carbocycles. The minimum Gasteiger partial charge on any atom is -0.351 e. The van der Waals surface area contributed by atoms with Gasteiger partial charge in [0.2, 0.25) is 0 Å². The third-order valence-electron chi connectivity index (χ3n) is 2.68. The molecule has 15 heavy (non-hydrogen) atoms. The van der Waals surface area contributed by atoms with Crippen LogP contribution in [-0.2, 0) is 0 Å². The number of alkyl halides is 1. The molecule has 1 aliphatic carbocycles. The topological polar surface area (TPSA) is 54.9 Å². The van der Waals surface area contributed by atoms with Gasteiger partial charge in [0.05, 0.1) is 6.20 Å². The number of hydrogen-bond acceptors (Lipinski definition) is 4. The van der Waals surface area contributed by atoms with Crippen molar-refractivity contribution in [3.8, 4) is 0 Å². The van der Waals surface area contributed by atoms with Crippen LogP contribution in [0.2, 0.25) is 0 Å². The monoisotopic (exact) mass is 289 g/mol. The van der Waals surface area contributed by atoms with E-state index in [0.29, 0.717) is 15.6 Å². The molecule has 1 amide bonds. The molecule has 1 heterocycles. The SMILES string of the molecule is O=C(NCC1CCCC1Br)c1cnns1. The molecule has 1 saturated carbocycles. The fourth-order valence-electron chi connectivity index (χ4n) is 1.80. The van der Waals surface area contributed by atoms with E-state index in [-0.39, 0.29) is 5.91 Å². The van der Waals surface area contributed by atoms with Crippen molar-refractivity contribution < 1.29 is 4.79 Å². The number of rotatable bonds is 3. The van der Waals surface area contributed by atoms with Gasteiger partial charge in [0.25, 0.3) is 5.91 Å². The van der Waals surface area contributed by atoms with Crippen LogP contribution in [0.3, 0.4) is 0 Å². The van der Waals surface area contributed by atoms with Crippen LogP contribution in [-0.4, -0.2) is 26.9 Å². The highest BCUT2D eigenvalue weighted by atomic mass is 79.9. The Morgan fingerprint density at radius 2 is 2.53 bits per heavy atom. The summed E-state index contributed by atoms with van der Waals surface area (Å²) in [5, 5.41) is 6.56. The summed E-state index contributed by atoms with van der Waals surface area (Å²) in [6.07, 6.45) is 5.15. The minimum absolute atomic E-state index is 0.0587. The maximum Gasteiger partial charge on any atom is 0.264 e. The molecule has 0 spiro atoms. The van der Waals surface area contributed by atoms with E-state index in [1.165, 1.54) is 25.5 Å². The molecular formula is C9H12BrN3OS. The summed E-state index contributed by atoms with van der Waals surface area (Å²) >= 11 is 4.76. The second-order valence-electron chi connectivity index (χ2n) is 3.70. The van der Waals surface area contributed by atoms with Crippen LogP contribution in [0.5, 0.6) is 0 Å². The Morgan fingerprint density at radius 1 is 1.67 bits per heavy atom. The lowest BCUT2D eigenvalue weighted by atomic mass is 10.1. The first-order valence-corrected chi connectivity index (χ1v) is 6.66. The second-order valence-corrected chi connectivity index (χ2v) is 5.66. The van der Waals surface area contributed by atoms with Gasteiger partial charge in [0.1, 0.15) is 4.88 Å². The molecule has 6 heteroatoms. The molecule has 2 atom stereocenters. The Hall–Kier alpha value is -0.490. The Balaban J connectivity index is 1.81. The molecule has 1 N–H and O–H groups in total. The summed E-state index contributed by atoms with van der Waals surface area (Å²) in [5.74, 6) is 0.506. The first-order valence-electron chi connectivity index (χ1n) is 4.97. The fourth-order valence-corrected chi connectivity index (χ4v) is 3.01. The number of carbonyl (C=O) groups is 1. The summed E-state index contributed by atoms with van der Waals surface area (Å²) in [4.78, 5) is 12.7. The molecule has 0 bridgehead atoms.